The summed E-state index contributed by atoms with van der Waals surface area (Å²) in [6.45, 7) is 0. The van der Waals surface area contributed by atoms with E-state index in [2.05, 4.69) is 5.32 Å². The van der Waals surface area contributed by atoms with Gasteiger partial charge in [-0.25, -0.2) is 0 Å². The highest BCUT2D eigenvalue weighted by Crippen LogP contribution is 2.25. The second kappa shape index (κ2) is 5.84. The number of carbonyl (C=O) groups is 1. The Balaban J connectivity index is 2.28. The van der Waals surface area contributed by atoms with E-state index in [4.69, 9.17) is 11.6 Å². The van der Waals surface area contributed by atoms with Crippen molar-refractivity contribution in [1.29, 1.82) is 0 Å². The Hall–Kier alpha value is -1.32. The number of thiophene rings is 1. The number of nitrogens with one attached hydrogen (secondary N) is 1. The molecule has 0 bridgehead atoms. The van der Waals surface area contributed by atoms with Crippen molar-refractivity contribution >= 4 is 28.8 Å². The molecular formula is C13H12ClNOS. The standard InChI is InChI=1S/C13H12ClNOS/c14-9-12(16)15-13(11-7-4-8-17-11)10-5-2-1-3-6-10/h1-8,13H,9H2,(H,15,16)/t13-/m0/s1. The van der Waals surface area contributed by atoms with Gasteiger partial charge in [0.2, 0.25) is 5.91 Å². The highest BCUT2D eigenvalue weighted by Gasteiger charge is 2.16. The van der Waals surface area contributed by atoms with Crippen LogP contribution in [-0.2, 0) is 4.79 Å². The van der Waals surface area contributed by atoms with Crippen molar-refractivity contribution in [2.75, 3.05) is 5.88 Å². The molecule has 0 aliphatic heterocycles. The first kappa shape index (κ1) is 12.1. The molecule has 0 spiro atoms. The summed E-state index contributed by atoms with van der Waals surface area (Å²) >= 11 is 7.16. The topological polar surface area (TPSA) is 29.1 Å². The number of hydrogen-bond acceptors (Lipinski definition) is 2. The first-order valence-corrected chi connectivity index (χ1v) is 6.66. The van der Waals surface area contributed by atoms with E-state index in [9.17, 15) is 4.79 Å². The Morgan fingerprint density at radius 2 is 2.00 bits per heavy atom. The van der Waals surface area contributed by atoms with Crippen LogP contribution in [0.1, 0.15) is 16.5 Å². The van der Waals surface area contributed by atoms with E-state index in [1.165, 1.54) is 0 Å². The van der Waals surface area contributed by atoms with Gasteiger partial charge in [-0.15, -0.1) is 22.9 Å². The first-order chi connectivity index (χ1) is 8.31. The molecule has 2 aromatic rings. The van der Waals surface area contributed by atoms with E-state index < -0.39 is 0 Å². The molecule has 0 saturated heterocycles. The average Bonchev–Trinajstić information content (AvgIpc) is 2.90. The SMILES string of the molecule is O=C(CCl)N[C@@H](c1ccccc1)c1cccs1. The summed E-state index contributed by atoms with van der Waals surface area (Å²) in [6, 6.07) is 13.8. The number of rotatable bonds is 4. The lowest BCUT2D eigenvalue weighted by molar-refractivity contribution is -0.119. The van der Waals surface area contributed by atoms with E-state index in [1.54, 1.807) is 11.3 Å². The fraction of sp³-hybridized carbons (Fsp3) is 0.154. The van der Waals surface area contributed by atoms with Gasteiger partial charge in [-0.05, 0) is 17.0 Å². The van der Waals surface area contributed by atoms with E-state index in [0.29, 0.717) is 0 Å². The van der Waals surface area contributed by atoms with Gasteiger partial charge in [-0.3, -0.25) is 4.79 Å². The van der Waals surface area contributed by atoms with Crippen molar-refractivity contribution in [3.63, 3.8) is 0 Å². The molecule has 0 radical (unpaired) electrons. The molecule has 2 nitrogen and oxygen atoms in total. The molecule has 4 heteroatoms. The summed E-state index contributed by atoms with van der Waals surface area (Å²) in [6.07, 6.45) is 0. The van der Waals surface area contributed by atoms with E-state index >= 15 is 0 Å². The number of benzene rings is 1. The second-order valence-corrected chi connectivity index (χ2v) is 4.81. The average molecular weight is 266 g/mol. The van der Waals surface area contributed by atoms with Crippen LogP contribution in [-0.4, -0.2) is 11.8 Å². The Morgan fingerprint density at radius 3 is 2.59 bits per heavy atom. The summed E-state index contributed by atoms with van der Waals surface area (Å²) in [5.41, 5.74) is 1.06. The molecule has 1 amide bonds. The van der Waals surface area contributed by atoms with Crippen molar-refractivity contribution in [2.45, 2.75) is 6.04 Å². The van der Waals surface area contributed by atoms with Crippen LogP contribution >= 0.6 is 22.9 Å². The molecule has 1 aromatic carbocycles. The molecule has 1 atom stereocenters. The summed E-state index contributed by atoms with van der Waals surface area (Å²) < 4.78 is 0. The van der Waals surface area contributed by atoms with Crippen molar-refractivity contribution in [3.8, 4) is 0 Å². The van der Waals surface area contributed by atoms with Gasteiger partial charge in [0, 0.05) is 4.88 Å². The Bertz CT molecular complexity index is 469. The van der Waals surface area contributed by atoms with Crippen LogP contribution in [0.5, 0.6) is 0 Å². The number of carbonyl (C=O) groups excluding carboxylic acids is 1. The molecule has 2 rings (SSSR count). The first-order valence-electron chi connectivity index (χ1n) is 5.25. The fourth-order valence-corrected chi connectivity index (χ4v) is 2.50. The van der Waals surface area contributed by atoms with Crippen LogP contribution in [0.4, 0.5) is 0 Å². The van der Waals surface area contributed by atoms with Crippen molar-refractivity contribution in [3.05, 3.63) is 58.3 Å². The minimum Gasteiger partial charge on any atom is -0.343 e. The van der Waals surface area contributed by atoms with Gasteiger partial charge in [0.25, 0.3) is 0 Å². The molecule has 1 aromatic heterocycles. The molecule has 0 fully saturated rings. The molecule has 1 heterocycles. The normalized spacial score (nSPS) is 12.1. The summed E-state index contributed by atoms with van der Waals surface area (Å²) in [7, 11) is 0. The van der Waals surface area contributed by atoms with E-state index in [1.807, 2.05) is 47.8 Å². The zero-order chi connectivity index (χ0) is 12.1. The van der Waals surface area contributed by atoms with Gasteiger partial charge in [0.1, 0.15) is 5.88 Å². The minimum atomic E-state index is -0.158. The molecule has 88 valence electrons. The van der Waals surface area contributed by atoms with Crippen LogP contribution < -0.4 is 5.32 Å². The predicted molar refractivity (Wildman–Crippen MR) is 71.5 cm³/mol. The lowest BCUT2D eigenvalue weighted by Gasteiger charge is -2.17. The molecule has 1 N–H and O–H groups in total. The van der Waals surface area contributed by atoms with Gasteiger partial charge in [-0.1, -0.05) is 36.4 Å². The third-order valence-corrected chi connectivity index (χ3v) is 3.57. The Labute approximate surface area is 109 Å². The van der Waals surface area contributed by atoms with Crippen molar-refractivity contribution in [1.82, 2.24) is 5.32 Å². The molecule has 17 heavy (non-hydrogen) atoms. The van der Waals surface area contributed by atoms with Gasteiger partial charge in [-0.2, -0.15) is 0 Å². The molecule has 0 unspecified atom stereocenters. The highest BCUT2D eigenvalue weighted by atomic mass is 35.5. The molecular weight excluding hydrogens is 254 g/mol. The number of alkyl halides is 1. The smallest absolute Gasteiger partial charge is 0.235 e. The third kappa shape index (κ3) is 3.08. The van der Waals surface area contributed by atoms with Crippen molar-refractivity contribution in [2.24, 2.45) is 0 Å². The van der Waals surface area contributed by atoms with Gasteiger partial charge in [0.15, 0.2) is 0 Å². The van der Waals surface area contributed by atoms with Crippen LogP contribution in [0, 0.1) is 0 Å². The lowest BCUT2D eigenvalue weighted by Crippen LogP contribution is -2.29. The maximum Gasteiger partial charge on any atom is 0.235 e. The molecule has 0 saturated carbocycles. The number of amides is 1. The summed E-state index contributed by atoms with van der Waals surface area (Å²) in [5, 5.41) is 4.92. The largest absolute Gasteiger partial charge is 0.343 e. The van der Waals surface area contributed by atoms with Gasteiger partial charge < -0.3 is 5.32 Å². The molecule has 0 aliphatic rings. The Morgan fingerprint density at radius 1 is 1.24 bits per heavy atom. The highest BCUT2D eigenvalue weighted by molar-refractivity contribution is 7.10. The van der Waals surface area contributed by atoms with Crippen LogP contribution in [0.25, 0.3) is 0 Å². The predicted octanol–water partition coefficient (Wildman–Crippen LogP) is 3.19. The number of halogens is 1. The second-order valence-electron chi connectivity index (χ2n) is 3.56. The Kier molecular flexibility index (Phi) is 4.18. The lowest BCUT2D eigenvalue weighted by atomic mass is 10.1. The van der Waals surface area contributed by atoms with Gasteiger partial charge in [0.05, 0.1) is 6.04 Å². The van der Waals surface area contributed by atoms with Crippen LogP contribution in [0.3, 0.4) is 0 Å². The van der Waals surface area contributed by atoms with E-state index in [0.717, 1.165) is 10.4 Å². The maximum atomic E-state index is 11.5. The zero-order valence-corrected chi connectivity index (χ0v) is 10.7. The zero-order valence-electron chi connectivity index (χ0n) is 9.10. The monoisotopic (exact) mass is 265 g/mol. The summed E-state index contributed by atoms with van der Waals surface area (Å²) in [5.74, 6) is -0.178. The van der Waals surface area contributed by atoms with Crippen molar-refractivity contribution < 1.29 is 4.79 Å². The minimum absolute atomic E-state index is 0.0191. The fourth-order valence-electron chi connectivity index (χ4n) is 1.62. The molecule has 0 aliphatic carbocycles. The summed E-state index contributed by atoms with van der Waals surface area (Å²) in [4.78, 5) is 12.6. The van der Waals surface area contributed by atoms with Gasteiger partial charge >= 0.3 is 0 Å². The number of hydrogen-bond donors (Lipinski definition) is 1. The quantitative estimate of drug-likeness (QED) is 0.845. The third-order valence-electron chi connectivity index (χ3n) is 2.39. The van der Waals surface area contributed by atoms with Crippen LogP contribution in [0.2, 0.25) is 0 Å². The van der Waals surface area contributed by atoms with Crippen LogP contribution in [0.15, 0.2) is 47.8 Å². The maximum absolute atomic E-state index is 11.5. The van der Waals surface area contributed by atoms with E-state index in [-0.39, 0.29) is 17.8 Å².